The van der Waals surface area contributed by atoms with Gasteiger partial charge in [-0.05, 0) is 77.0 Å². The lowest BCUT2D eigenvalue weighted by atomic mass is 10.0. The zero-order valence-electron chi connectivity index (χ0n) is 49.6. The van der Waals surface area contributed by atoms with Crippen LogP contribution in [0.25, 0.3) is 0 Å². The lowest BCUT2D eigenvalue weighted by Gasteiger charge is -2.25. The minimum absolute atomic E-state index is 0.181. The van der Waals surface area contributed by atoms with Gasteiger partial charge in [-0.2, -0.15) is 0 Å². The van der Waals surface area contributed by atoms with Gasteiger partial charge < -0.3 is 28.5 Å². The van der Waals surface area contributed by atoms with Crippen LogP contribution in [0.4, 0.5) is 0 Å². The highest BCUT2D eigenvalue weighted by atomic mass is 16.7. The molecule has 2 atom stereocenters. The summed E-state index contributed by atoms with van der Waals surface area (Å²) in [5, 5.41) is 9.72. The molecule has 9 nitrogen and oxygen atoms in total. The summed E-state index contributed by atoms with van der Waals surface area (Å²) in [4.78, 5) is 37.5. The molecule has 0 rings (SSSR count). The van der Waals surface area contributed by atoms with Gasteiger partial charge in [0, 0.05) is 12.8 Å². The molecule has 76 heavy (non-hydrogen) atoms. The van der Waals surface area contributed by atoms with E-state index in [0.29, 0.717) is 23.9 Å². The third kappa shape index (κ3) is 57.9. The van der Waals surface area contributed by atoms with Gasteiger partial charge in [0.05, 0.1) is 34.4 Å². The lowest BCUT2D eigenvalue weighted by Crippen LogP contribution is -2.40. The van der Waals surface area contributed by atoms with Crippen molar-refractivity contribution < 1.29 is 42.9 Å². The van der Waals surface area contributed by atoms with Crippen LogP contribution in [0.5, 0.6) is 0 Å². The topological polar surface area (TPSA) is 108 Å². The van der Waals surface area contributed by atoms with E-state index in [4.69, 9.17) is 18.9 Å². The van der Waals surface area contributed by atoms with Gasteiger partial charge in [0.1, 0.15) is 13.2 Å². The van der Waals surface area contributed by atoms with Crippen LogP contribution in [0.2, 0.25) is 0 Å². The van der Waals surface area contributed by atoms with E-state index in [1.54, 1.807) is 0 Å². The fourth-order valence-corrected chi connectivity index (χ4v) is 8.38. The maximum atomic E-state index is 12.9. The standard InChI is InChI=1S/C67H115NO8/c1-6-8-10-12-14-16-18-20-22-24-26-28-29-30-31-32-33-34-35-36-37-38-40-42-44-46-48-50-52-54-56-58-65(70)76-63(62-75-67(66(71)72)73-60-59-68(3,4)5)61-74-64(69)57-55-53-51-49-47-45-43-41-39-27-25-23-21-19-17-15-13-11-9-7-2/h8,10,14,16,20,22,26,28,30-31,33-34,36-37,40,42,63,67H,6-7,9,11-13,15,17-19,21,23-25,27,29,32,35,38-39,41,43-62H2,1-5H3/p+1/b10-8-,16-14-,22-20-,28-26-,31-30-,34-33-,37-36-,42-40-. The molecule has 9 heteroatoms. The quantitative estimate of drug-likeness (QED) is 0.0211. The number of rotatable bonds is 56. The van der Waals surface area contributed by atoms with E-state index < -0.39 is 24.3 Å². The molecule has 436 valence electrons. The number of carbonyl (C=O) groups is 3. The summed E-state index contributed by atoms with van der Waals surface area (Å²) < 4.78 is 22.9. The molecule has 0 aromatic rings. The van der Waals surface area contributed by atoms with Crippen molar-refractivity contribution in [2.45, 2.75) is 264 Å². The maximum Gasteiger partial charge on any atom is 0.361 e. The third-order valence-electron chi connectivity index (χ3n) is 13.1. The molecule has 2 unspecified atom stereocenters. The lowest BCUT2D eigenvalue weighted by molar-refractivity contribution is -0.870. The van der Waals surface area contributed by atoms with E-state index in [-0.39, 0.29) is 32.2 Å². The number of allylic oxidation sites excluding steroid dienone is 16. The van der Waals surface area contributed by atoms with Crippen LogP contribution in [0.3, 0.4) is 0 Å². The van der Waals surface area contributed by atoms with Crippen molar-refractivity contribution in [3.05, 3.63) is 97.2 Å². The zero-order valence-corrected chi connectivity index (χ0v) is 49.6. The fourth-order valence-electron chi connectivity index (χ4n) is 8.38. The number of ether oxygens (including phenoxy) is 4. The van der Waals surface area contributed by atoms with Gasteiger partial charge in [-0.3, -0.25) is 9.59 Å². The average molecular weight is 1060 g/mol. The molecule has 0 spiro atoms. The highest BCUT2D eigenvalue weighted by Crippen LogP contribution is 2.16. The Hall–Kier alpha value is -3.79. The smallest absolute Gasteiger partial charge is 0.361 e. The number of likely N-dealkylation sites (N-methyl/N-ethyl adjacent to an activating group) is 1. The minimum Gasteiger partial charge on any atom is -0.477 e. The Kier molecular flexibility index (Phi) is 54.5. The van der Waals surface area contributed by atoms with Gasteiger partial charge in [-0.25, -0.2) is 4.79 Å². The Labute approximate surface area is 467 Å². The molecule has 0 aliphatic carbocycles. The number of carboxylic acid groups (broad SMARTS) is 1. The number of hydrogen-bond donors (Lipinski definition) is 1. The average Bonchev–Trinajstić information content (AvgIpc) is 3.39. The number of hydrogen-bond acceptors (Lipinski definition) is 7. The van der Waals surface area contributed by atoms with E-state index in [1.807, 2.05) is 21.1 Å². The molecule has 0 aromatic carbocycles. The Morgan fingerprint density at radius 3 is 1.12 bits per heavy atom. The number of carbonyl (C=O) groups excluding carboxylic acids is 2. The first-order chi connectivity index (χ1) is 37.1. The van der Waals surface area contributed by atoms with Crippen molar-refractivity contribution >= 4 is 17.9 Å². The molecular formula is C67H116NO8+. The number of quaternary nitrogens is 1. The van der Waals surface area contributed by atoms with Crippen LogP contribution in [-0.4, -0.2) is 87.4 Å². The van der Waals surface area contributed by atoms with Crippen molar-refractivity contribution in [1.82, 2.24) is 0 Å². The van der Waals surface area contributed by atoms with E-state index in [9.17, 15) is 19.5 Å². The first-order valence-electron chi connectivity index (χ1n) is 30.9. The summed E-state index contributed by atoms with van der Waals surface area (Å²) in [5.41, 5.74) is 0. The van der Waals surface area contributed by atoms with E-state index in [2.05, 4.69) is 111 Å². The summed E-state index contributed by atoms with van der Waals surface area (Å²) >= 11 is 0. The predicted molar refractivity (Wildman–Crippen MR) is 322 cm³/mol. The summed E-state index contributed by atoms with van der Waals surface area (Å²) in [6.45, 7) is 4.76. The van der Waals surface area contributed by atoms with Crippen molar-refractivity contribution in [2.75, 3.05) is 47.5 Å². The van der Waals surface area contributed by atoms with Crippen molar-refractivity contribution in [1.29, 1.82) is 0 Å². The van der Waals surface area contributed by atoms with Gasteiger partial charge in [0.2, 0.25) is 0 Å². The number of esters is 2. The highest BCUT2D eigenvalue weighted by molar-refractivity contribution is 5.71. The van der Waals surface area contributed by atoms with E-state index in [1.165, 1.54) is 109 Å². The highest BCUT2D eigenvalue weighted by Gasteiger charge is 2.25. The van der Waals surface area contributed by atoms with E-state index >= 15 is 0 Å². The summed E-state index contributed by atoms with van der Waals surface area (Å²) in [5.74, 6) is -2.02. The molecule has 0 bridgehead atoms. The molecule has 0 aromatic heterocycles. The molecule has 0 aliphatic heterocycles. The normalized spacial score (nSPS) is 13.4. The van der Waals surface area contributed by atoms with Crippen LogP contribution in [0.1, 0.15) is 251 Å². The molecule has 0 saturated carbocycles. The van der Waals surface area contributed by atoms with Crippen LogP contribution >= 0.6 is 0 Å². The molecule has 0 heterocycles. The molecule has 0 amide bonds. The molecule has 0 fully saturated rings. The number of aliphatic carboxylic acids is 1. The SMILES string of the molecule is CC/C=C\C/C=C\C/C=C\C/C=C\C/C=C\C/C=C\C/C=C\C/C=C\CCCCCCCCC(=O)OC(COC(=O)CCCCCCCCCCCCCCCCCCCCCC)COC(OCC[N+](C)(C)C)C(=O)O. The molecule has 1 N–H and O–H groups in total. The second kappa shape index (κ2) is 57.4. The third-order valence-corrected chi connectivity index (χ3v) is 13.1. The second-order valence-electron chi connectivity index (χ2n) is 21.6. The molecule has 0 radical (unpaired) electrons. The zero-order chi connectivity index (χ0) is 55.5. The molecule has 0 aliphatic rings. The molecule has 0 saturated heterocycles. The van der Waals surface area contributed by atoms with Crippen molar-refractivity contribution in [3.63, 3.8) is 0 Å². The first-order valence-corrected chi connectivity index (χ1v) is 30.9. The van der Waals surface area contributed by atoms with Gasteiger partial charge >= 0.3 is 17.9 Å². The van der Waals surface area contributed by atoms with Gasteiger partial charge in [-0.1, -0.05) is 259 Å². The number of nitrogens with zero attached hydrogens (tertiary/aromatic N) is 1. The summed E-state index contributed by atoms with van der Waals surface area (Å²) in [7, 11) is 5.96. The minimum atomic E-state index is -1.52. The second-order valence-corrected chi connectivity index (χ2v) is 21.6. The monoisotopic (exact) mass is 1060 g/mol. The Morgan fingerprint density at radius 2 is 0.750 bits per heavy atom. The van der Waals surface area contributed by atoms with Crippen LogP contribution < -0.4 is 0 Å². The predicted octanol–water partition coefficient (Wildman–Crippen LogP) is 18.5. The Bertz CT molecular complexity index is 1570. The maximum absolute atomic E-state index is 12.9. The molecular weight excluding hydrogens is 947 g/mol. The van der Waals surface area contributed by atoms with Crippen LogP contribution in [0.15, 0.2) is 97.2 Å². The largest absolute Gasteiger partial charge is 0.477 e. The Morgan fingerprint density at radius 1 is 0.408 bits per heavy atom. The van der Waals surface area contributed by atoms with Gasteiger partial charge in [0.15, 0.2) is 6.10 Å². The van der Waals surface area contributed by atoms with Gasteiger partial charge in [-0.15, -0.1) is 0 Å². The summed E-state index contributed by atoms with van der Waals surface area (Å²) in [6.07, 6.45) is 74.9. The first kappa shape index (κ1) is 72.2. The van der Waals surface area contributed by atoms with Crippen molar-refractivity contribution in [3.8, 4) is 0 Å². The number of carboxylic acids is 1. The number of unbranched alkanes of at least 4 members (excludes halogenated alkanes) is 25. The fraction of sp³-hybridized carbons (Fsp3) is 0.716. The van der Waals surface area contributed by atoms with E-state index in [0.717, 1.165) is 109 Å². The van der Waals surface area contributed by atoms with Crippen molar-refractivity contribution in [2.24, 2.45) is 0 Å². The summed E-state index contributed by atoms with van der Waals surface area (Å²) in [6, 6.07) is 0. The van der Waals surface area contributed by atoms with Crippen LogP contribution in [-0.2, 0) is 33.3 Å². The van der Waals surface area contributed by atoms with Gasteiger partial charge in [0.25, 0.3) is 6.29 Å². The Balaban J connectivity index is 4.27. The van der Waals surface area contributed by atoms with Crippen LogP contribution in [0, 0.1) is 0 Å².